The lowest BCUT2D eigenvalue weighted by Gasteiger charge is -2.20. The lowest BCUT2D eigenvalue weighted by Crippen LogP contribution is -2.40. The molecule has 1 heterocycles. The third-order valence-corrected chi connectivity index (χ3v) is 3.15. The number of pyridine rings is 1. The van der Waals surface area contributed by atoms with Gasteiger partial charge in [0, 0.05) is 15.7 Å². The van der Waals surface area contributed by atoms with Crippen molar-refractivity contribution in [1.29, 1.82) is 0 Å². The Morgan fingerprint density at radius 2 is 1.67 bits per heavy atom. The molecule has 0 spiro atoms. The molecule has 110 valence electrons. The highest BCUT2D eigenvalue weighted by molar-refractivity contribution is 9.10. The zero-order valence-electron chi connectivity index (χ0n) is 12.3. The molecule has 2 aromatic rings. The first-order chi connectivity index (χ1) is 9.83. The van der Waals surface area contributed by atoms with E-state index in [0.29, 0.717) is 5.69 Å². The predicted molar refractivity (Wildman–Crippen MR) is 88.9 cm³/mol. The van der Waals surface area contributed by atoms with E-state index in [1.807, 2.05) is 51.1 Å². The molecule has 0 bridgehead atoms. The van der Waals surface area contributed by atoms with Crippen molar-refractivity contribution < 1.29 is 4.79 Å². The fourth-order valence-electron chi connectivity index (χ4n) is 1.71. The van der Waals surface area contributed by atoms with Gasteiger partial charge in [-0.3, -0.25) is 4.79 Å². The van der Waals surface area contributed by atoms with Gasteiger partial charge in [0.25, 0.3) is 5.91 Å². The number of halogens is 1. The van der Waals surface area contributed by atoms with Crippen molar-refractivity contribution in [3.8, 4) is 0 Å². The first kappa shape index (κ1) is 15.5. The molecule has 1 aromatic carbocycles. The van der Waals surface area contributed by atoms with Crippen LogP contribution in [0.25, 0.3) is 0 Å². The van der Waals surface area contributed by atoms with Gasteiger partial charge in [-0.2, -0.15) is 0 Å². The molecular weight excluding hydrogens is 330 g/mol. The van der Waals surface area contributed by atoms with Crippen molar-refractivity contribution in [2.24, 2.45) is 0 Å². The number of carbonyl (C=O) groups is 1. The van der Waals surface area contributed by atoms with Crippen LogP contribution in [-0.2, 0) is 0 Å². The van der Waals surface area contributed by atoms with Crippen molar-refractivity contribution in [2.45, 2.75) is 26.3 Å². The minimum atomic E-state index is -0.271. The van der Waals surface area contributed by atoms with E-state index in [1.165, 1.54) is 0 Å². The smallest absolute Gasteiger partial charge is 0.270 e. The molecule has 4 nitrogen and oxygen atoms in total. The summed E-state index contributed by atoms with van der Waals surface area (Å²) >= 11 is 3.40. The van der Waals surface area contributed by atoms with Gasteiger partial charge in [-0.1, -0.05) is 15.9 Å². The van der Waals surface area contributed by atoms with Crippen molar-refractivity contribution in [3.63, 3.8) is 0 Å². The summed E-state index contributed by atoms with van der Waals surface area (Å²) in [5.74, 6) is -0.169. The third-order valence-electron chi connectivity index (χ3n) is 2.62. The quantitative estimate of drug-likeness (QED) is 0.878. The topological polar surface area (TPSA) is 54.0 Å². The number of amides is 1. The van der Waals surface area contributed by atoms with Gasteiger partial charge in [0.05, 0.1) is 11.9 Å². The molecule has 5 heteroatoms. The number of benzene rings is 1. The summed E-state index contributed by atoms with van der Waals surface area (Å²) in [4.78, 5) is 16.2. The normalized spacial score (nSPS) is 11.0. The van der Waals surface area contributed by atoms with E-state index in [4.69, 9.17) is 0 Å². The van der Waals surface area contributed by atoms with Gasteiger partial charge in [0.2, 0.25) is 0 Å². The standard InChI is InChI=1S/C16H18BrN3O/c1-16(2,3)20-15(21)14-9-8-13(10-18-14)19-12-6-4-11(17)5-7-12/h4-10,19H,1-3H3,(H,20,21). The van der Waals surface area contributed by atoms with Crippen LogP contribution >= 0.6 is 15.9 Å². The fourth-order valence-corrected chi connectivity index (χ4v) is 1.97. The second kappa shape index (κ2) is 6.26. The minimum Gasteiger partial charge on any atom is -0.354 e. The Morgan fingerprint density at radius 3 is 2.19 bits per heavy atom. The molecule has 0 aliphatic rings. The number of carbonyl (C=O) groups excluding carboxylic acids is 1. The van der Waals surface area contributed by atoms with Crippen LogP contribution < -0.4 is 10.6 Å². The molecule has 0 fully saturated rings. The maximum atomic E-state index is 12.0. The Labute approximate surface area is 133 Å². The Morgan fingerprint density at radius 1 is 1.05 bits per heavy atom. The van der Waals surface area contributed by atoms with E-state index in [2.05, 4.69) is 31.5 Å². The van der Waals surface area contributed by atoms with E-state index in [9.17, 15) is 4.79 Å². The van der Waals surface area contributed by atoms with Gasteiger partial charge in [-0.05, 0) is 57.2 Å². The van der Waals surface area contributed by atoms with Crippen molar-refractivity contribution in [1.82, 2.24) is 10.3 Å². The Bertz CT molecular complexity index is 615. The second-order valence-corrected chi connectivity index (χ2v) is 6.68. The zero-order chi connectivity index (χ0) is 15.5. The molecule has 0 saturated heterocycles. The molecule has 0 radical (unpaired) electrons. The molecule has 0 saturated carbocycles. The van der Waals surface area contributed by atoms with E-state index >= 15 is 0 Å². The Balaban J connectivity index is 2.05. The van der Waals surface area contributed by atoms with Crippen LogP contribution in [0.2, 0.25) is 0 Å². The molecule has 0 aliphatic carbocycles. The number of nitrogens with one attached hydrogen (secondary N) is 2. The van der Waals surface area contributed by atoms with Crippen molar-refractivity contribution >= 4 is 33.2 Å². The number of nitrogens with zero attached hydrogens (tertiary/aromatic N) is 1. The van der Waals surface area contributed by atoms with Crippen LogP contribution in [0.4, 0.5) is 11.4 Å². The summed E-state index contributed by atoms with van der Waals surface area (Å²) in [5, 5.41) is 6.11. The highest BCUT2D eigenvalue weighted by Crippen LogP contribution is 2.18. The van der Waals surface area contributed by atoms with Crippen LogP contribution in [0.1, 0.15) is 31.3 Å². The van der Waals surface area contributed by atoms with Gasteiger partial charge >= 0.3 is 0 Å². The van der Waals surface area contributed by atoms with Gasteiger partial charge in [-0.15, -0.1) is 0 Å². The van der Waals surface area contributed by atoms with Crippen LogP contribution in [-0.4, -0.2) is 16.4 Å². The lowest BCUT2D eigenvalue weighted by molar-refractivity contribution is 0.0914. The first-order valence-corrected chi connectivity index (χ1v) is 7.44. The molecule has 1 aromatic heterocycles. The van der Waals surface area contributed by atoms with E-state index in [-0.39, 0.29) is 11.4 Å². The zero-order valence-corrected chi connectivity index (χ0v) is 13.9. The second-order valence-electron chi connectivity index (χ2n) is 5.77. The maximum absolute atomic E-state index is 12.0. The minimum absolute atomic E-state index is 0.169. The van der Waals surface area contributed by atoms with Crippen molar-refractivity contribution in [2.75, 3.05) is 5.32 Å². The largest absolute Gasteiger partial charge is 0.354 e. The molecule has 0 aliphatic heterocycles. The number of anilines is 2. The molecular formula is C16H18BrN3O. The highest BCUT2D eigenvalue weighted by Gasteiger charge is 2.15. The van der Waals surface area contributed by atoms with E-state index in [1.54, 1.807) is 12.3 Å². The van der Waals surface area contributed by atoms with Crippen LogP contribution in [0.3, 0.4) is 0 Å². The molecule has 21 heavy (non-hydrogen) atoms. The fraction of sp³-hybridized carbons (Fsp3) is 0.250. The summed E-state index contributed by atoms with van der Waals surface area (Å²) in [6.07, 6.45) is 1.65. The number of aromatic nitrogens is 1. The lowest BCUT2D eigenvalue weighted by atomic mass is 10.1. The molecule has 0 unspecified atom stereocenters. The number of hydrogen-bond acceptors (Lipinski definition) is 3. The summed E-state index contributed by atoms with van der Waals surface area (Å²) in [6.45, 7) is 5.82. The first-order valence-electron chi connectivity index (χ1n) is 6.65. The van der Waals surface area contributed by atoms with E-state index in [0.717, 1.165) is 15.8 Å². The Hall–Kier alpha value is -1.88. The van der Waals surface area contributed by atoms with Crippen LogP contribution in [0.5, 0.6) is 0 Å². The molecule has 0 atom stereocenters. The average molecular weight is 348 g/mol. The Kier molecular flexibility index (Phi) is 4.63. The molecule has 2 N–H and O–H groups in total. The maximum Gasteiger partial charge on any atom is 0.270 e. The number of hydrogen-bond donors (Lipinski definition) is 2. The summed E-state index contributed by atoms with van der Waals surface area (Å²) in [5.41, 5.74) is 1.94. The summed E-state index contributed by atoms with van der Waals surface area (Å²) in [7, 11) is 0. The highest BCUT2D eigenvalue weighted by atomic mass is 79.9. The van der Waals surface area contributed by atoms with Gasteiger partial charge in [-0.25, -0.2) is 4.98 Å². The monoisotopic (exact) mass is 347 g/mol. The third kappa shape index (κ3) is 4.86. The van der Waals surface area contributed by atoms with Crippen molar-refractivity contribution in [3.05, 3.63) is 52.8 Å². The van der Waals surface area contributed by atoms with E-state index < -0.39 is 0 Å². The predicted octanol–water partition coefficient (Wildman–Crippen LogP) is 4.12. The SMILES string of the molecule is CC(C)(C)NC(=O)c1ccc(Nc2ccc(Br)cc2)cn1. The molecule has 1 amide bonds. The van der Waals surface area contributed by atoms with Crippen LogP contribution in [0.15, 0.2) is 47.1 Å². The summed E-state index contributed by atoms with van der Waals surface area (Å²) in [6, 6.07) is 11.4. The van der Waals surface area contributed by atoms with Gasteiger partial charge in [0.15, 0.2) is 0 Å². The number of rotatable bonds is 3. The van der Waals surface area contributed by atoms with Crippen LogP contribution in [0, 0.1) is 0 Å². The summed E-state index contributed by atoms with van der Waals surface area (Å²) < 4.78 is 1.03. The van der Waals surface area contributed by atoms with Gasteiger partial charge < -0.3 is 10.6 Å². The average Bonchev–Trinajstić information content (AvgIpc) is 2.40. The van der Waals surface area contributed by atoms with Gasteiger partial charge in [0.1, 0.15) is 5.69 Å². The molecule has 2 rings (SSSR count).